The molecule has 10 heteroatoms. The summed E-state index contributed by atoms with van der Waals surface area (Å²) in [5, 5.41) is 7.20. The lowest BCUT2D eigenvalue weighted by Crippen LogP contribution is -2.24. The molecule has 4 heterocycles. The molecule has 1 fully saturated rings. The van der Waals surface area contributed by atoms with E-state index in [4.69, 9.17) is 14.2 Å². The molecule has 1 amide bonds. The predicted molar refractivity (Wildman–Crippen MR) is 138 cm³/mol. The van der Waals surface area contributed by atoms with Gasteiger partial charge in [0.25, 0.3) is 0 Å². The summed E-state index contributed by atoms with van der Waals surface area (Å²) in [6.07, 6.45) is 6.64. The highest BCUT2D eigenvalue weighted by atomic mass is 19.1. The molecule has 4 aromatic rings. The Morgan fingerprint density at radius 2 is 2.05 bits per heavy atom. The summed E-state index contributed by atoms with van der Waals surface area (Å²) >= 11 is 0. The van der Waals surface area contributed by atoms with Gasteiger partial charge in [-0.05, 0) is 61.9 Å². The number of halogens is 1. The molecule has 1 aliphatic carbocycles. The number of rotatable bonds is 8. The van der Waals surface area contributed by atoms with Gasteiger partial charge in [-0.15, -0.1) is 0 Å². The van der Waals surface area contributed by atoms with Gasteiger partial charge in [0, 0.05) is 36.5 Å². The molecule has 1 unspecified atom stereocenters. The maximum absolute atomic E-state index is 14.4. The molecule has 9 nitrogen and oxygen atoms in total. The van der Waals surface area contributed by atoms with Crippen molar-refractivity contribution in [1.29, 1.82) is 0 Å². The molecule has 1 saturated carbocycles. The van der Waals surface area contributed by atoms with Crippen molar-refractivity contribution in [2.24, 2.45) is 0 Å². The van der Waals surface area contributed by atoms with Crippen LogP contribution in [0.5, 0.6) is 5.75 Å². The molecule has 3 aromatic heterocycles. The van der Waals surface area contributed by atoms with Crippen LogP contribution >= 0.6 is 0 Å². The number of carbonyl (C=O) groups is 1. The Morgan fingerprint density at radius 1 is 1.18 bits per heavy atom. The summed E-state index contributed by atoms with van der Waals surface area (Å²) in [4.78, 5) is 27.4. The van der Waals surface area contributed by atoms with Crippen LogP contribution < -0.4 is 15.0 Å². The number of ether oxygens (including phenoxy) is 1. The third kappa shape index (κ3) is 4.46. The predicted octanol–water partition coefficient (Wildman–Crippen LogP) is 5.12. The van der Waals surface area contributed by atoms with E-state index in [2.05, 4.69) is 20.4 Å². The molecule has 1 N–H and O–H groups in total. The van der Waals surface area contributed by atoms with Gasteiger partial charge < -0.3 is 19.5 Å². The normalized spacial score (nSPS) is 16.4. The molecule has 0 bridgehead atoms. The van der Waals surface area contributed by atoms with Crippen LogP contribution in [0.1, 0.15) is 59.4 Å². The average Bonchev–Trinajstić information content (AvgIpc) is 3.64. The minimum absolute atomic E-state index is 0.299. The largest absolute Gasteiger partial charge is 0.484 e. The number of hydrogen-bond acceptors (Lipinski definition) is 8. The molecule has 38 heavy (non-hydrogen) atoms. The number of nitrogens with one attached hydrogen (secondary N) is 1. The number of aromatic nitrogens is 4. The van der Waals surface area contributed by atoms with Gasteiger partial charge in [-0.1, -0.05) is 11.2 Å². The van der Waals surface area contributed by atoms with Crippen molar-refractivity contribution in [2.45, 2.75) is 51.2 Å². The van der Waals surface area contributed by atoms with Crippen molar-refractivity contribution in [2.75, 3.05) is 17.3 Å². The first-order chi connectivity index (χ1) is 18.6. The van der Waals surface area contributed by atoms with Gasteiger partial charge in [-0.3, -0.25) is 9.78 Å². The number of fused-ring (bicyclic) bond motifs is 1. The Kier molecular flexibility index (Phi) is 6.22. The molecule has 194 valence electrons. The standard InChI is InChI=1S/C28H27FN6O3/c1-16-10-18-7-8-24(27-20(29)4-3-9-31-27)38-25(18)12-23(16)35(15-36)13-19-21(30-2)11-22(28-32-14-37-34-28)33-26(19)17-5-6-17/h3-4,9-12,14-15,17,24H,5-8,13H2,1-2H3,(H,30,33). The Labute approximate surface area is 219 Å². The van der Waals surface area contributed by atoms with E-state index in [1.165, 1.54) is 12.5 Å². The van der Waals surface area contributed by atoms with E-state index in [-0.39, 0.29) is 5.82 Å². The SMILES string of the molecule is CNc1cc(-c2ncon2)nc(C2CC2)c1CN(C=O)c1cc2c(cc1C)CCC(c1ncccc1F)O2. The van der Waals surface area contributed by atoms with Crippen molar-refractivity contribution in [3.05, 3.63) is 76.8 Å². The van der Waals surface area contributed by atoms with Crippen LogP contribution in [-0.4, -0.2) is 33.6 Å². The fraction of sp³-hybridized carbons (Fsp3) is 0.321. The van der Waals surface area contributed by atoms with Crippen molar-refractivity contribution in [3.8, 4) is 17.3 Å². The zero-order chi connectivity index (χ0) is 26.2. The van der Waals surface area contributed by atoms with E-state index >= 15 is 0 Å². The number of hydrogen-bond donors (Lipinski definition) is 1. The lowest BCUT2D eigenvalue weighted by Gasteiger charge is -2.29. The number of aryl methyl sites for hydroxylation is 2. The number of carbonyl (C=O) groups excluding carboxylic acids is 1. The zero-order valence-corrected chi connectivity index (χ0v) is 21.1. The van der Waals surface area contributed by atoms with Crippen molar-refractivity contribution in [1.82, 2.24) is 20.1 Å². The van der Waals surface area contributed by atoms with E-state index in [1.807, 2.05) is 32.2 Å². The van der Waals surface area contributed by atoms with Crippen LogP contribution in [0, 0.1) is 12.7 Å². The molecule has 0 saturated heterocycles. The third-order valence-electron chi connectivity index (χ3n) is 7.16. The molecule has 1 aromatic carbocycles. The first-order valence-corrected chi connectivity index (χ1v) is 12.7. The van der Waals surface area contributed by atoms with Gasteiger partial charge in [0.2, 0.25) is 18.6 Å². The summed E-state index contributed by atoms with van der Waals surface area (Å²) < 4.78 is 25.5. The molecular weight excluding hydrogens is 487 g/mol. The third-order valence-corrected chi connectivity index (χ3v) is 7.16. The quantitative estimate of drug-likeness (QED) is 0.323. The lowest BCUT2D eigenvalue weighted by atomic mass is 9.97. The lowest BCUT2D eigenvalue weighted by molar-refractivity contribution is -0.107. The van der Waals surface area contributed by atoms with Crippen LogP contribution in [0.15, 0.2) is 47.4 Å². The van der Waals surface area contributed by atoms with Crippen LogP contribution in [-0.2, 0) is 17.8 Å². The Bertz CT molecular complexity index is 1490. The van der Waals surface area contributed by atoms with Crippen LogP contribution in [0.4, 0.5) is 15.8 Å². The Morgan fingerprint density at radius 3 is 2.76 bits per heavy atom. The number of nitrogens with zero attached hydrogens (tertiary/aromatic N) is 5. The molecule has 0 spiro atoms. The average molecular weight is 515 g/mol. The molecular formula is C28H27FN6O3. The minimum Gasteiger partial charge on any atom is -0.484 e. The van der Waals surface area contributed by atoms with Gasteiger partial charge in [0.1, 0.15) is 29.1 Å². The second-order valence-corrected chi connectivity index (χ2v) is 9.69. The topological polar surface area (TPSA) is 106 Å². The number of amides is 1. The second-order valence-electron chi connectivity index (χ2n) is 9.69. The maximum atomic E-state index is 14.4. The van der Waals surface area contributed by atoms with E-state index in [0.717, 1.165) is 59.4 Å². The number of pyridine rings is 2. The number of anilines is 2. The summed E-state index contributed by atoms with van der Waals surface area (Å²) in [5.74, 6) is 0.996. The molecule has 0 radical (unpaired) electrons. The van der Waals surface area contributed by atoms with E-state index in [1.54, 1.807) is 17.2 Å². The van der Waals surface area contributed by atoms with Crippen molar-refractivity contribution < 1.29 is 18.4 Å². The first kappa shape index (κ1) is 24.0. The summed E-state index contributed by atoms with van der Waals surface area (Å²) in [5.41, 5.74) is 6.37. The smallest absolute Gasteiger partial charge is 0.220 e. The van der Waals surface area contributed by atoms with Gasteiger partial charge >= 0.3 is 0 Å². The van der Waals surface area contributed by atoms with Crippen LogP contribution in [0.3, 0.4) is 0 Å². The Balaban J connectivity index is 1.34. The zero-order valence-electron chi connectivity index (χ0n) is 21.1. The molecule has 1 atom stereocenters. The van der Waals surface area contributed by atoms with E-state index in [0.29, 0.717) is 41.8 Å². The van der Waals surface area contributed by atoms with Crippen LogP contribution in [0.2, 0.25) is 0 Å². The van der Waals surface area contributed by atoms with Gasteiger partial charge in [-0.25, -0.2) is 9.37 Å². The fourth-order valence-corrected chi connectivity index (χ4v) is 5.10. The maximum Gasteiger partial charge on any atom is 0.220 e. The first-order valence-electron chi connectivity index (χ1n) is 12.7. The van der Waals surface area contributed by atoms with Crippen molar-refractivity contribution in [3.63, 3.8) is 0 Å². The van der Waals surface area contributed by atoms with Crippen LogP contribution in [0.25, 0.3) is 11.5 Å². The van der Waals surface area contributed by atoms with E-state index in [9.17, 15) is 9.18 Å². The second kappa shape index (κ2) is 9.85. The monoisotopic (exact) mass is 514 g/mol. The summed E-state index contributed by atoms with van der Waals surface area (Å²) in [7, 11) is 1.84. The summed E-state index contributed by atoms with van der Waals surface area (Å²) in [6, 6.07) is 8.76. The minimum atomic E-state index is -0.483. The van der Waals surface area contributed by atoms with Gasteiger partial charge in [-0.2, -0.15) is 4.98 Å². The van der Waals surface area contributed by atoms with Gasteiger partial charge in [0.05, 0.1) is 17.9 Å². The molecule has 6 rings (SSSR count). The Hall–Kier alpha value is -4.34. The number of benzene rings is 1. The highest BCUT2D eigenvalue weighted by Gasteiger charge is 2.32. The van der Waals surface area contributed by atoms with E-state index < -0.39 is 6.10 Å². The highest BCUT2D eigenvalue weighted by Crippen LogP contribution is 2.44. The van der Waals surface area contributed by atoms with Gasteiger partial charge in [0.15, 0.2) is 0 Å². The highest BCUT2D eigenvalue weighted by molar-refractivity contribution is 5.79. The van der Waals surface area contributed by atoms with Crippen molar-refractivity contribution >= 4 is 17.8 Å². The fourth-order valence-electron chi connectivity index (χ4n) is 5.10. The summed E-state index contributed by atoms with van der Waals surface area (Å²) in [6.45, 7) is 2.30. The molecule has 1 aliphatic heterocycles. The molecule has 2 aliphatic rings.